The van der Waals surface area contributed by atoms with Crippen molar-refractivity contribution in [3.63, 3.8) is 0 Å². The van der Waals surface area contributed by atoms with E-state index < -0.39 is 0 Å². The van der Waals surface area contributed by atoms with Crippen LogP contribution in [-0.2, 0) is 0 Å². The molecule has 0 saturated heterocycles. The number of ether oxygens (including phenoxy) is 1. The van der Waals surface area contributed by atoms with Gasteiger partial charge in [-0.25, -0.2) is 4.98 Å². The Bertz CT molecular complexity index is 754. The van der Waals surface area contributed by atoms with Gasteiger partial charge in [-0.15, -0.1) is 0 Å². The maximum Gasteiger partial charge on any atom is 0.251 e. The van der Waals surface area contributed by atoms with Crippen LogP contribution in [0.4, 0.5) is 0 Å². The first-order valence-corrected chi connectivity index (χ1v) is 6.41. The van der Waals surface area contributed by atoms with Crippen molar-refractivity contribution in [1.29, 1.82) is 5.26 Å². The van der Waals surface area contributed by atoms with Crippen LogP contribution in [0.3, 0.4) is 0 Å². The fourth-order valence-electron chi connectivity index (χ4n) is 2.14. The summed E-state index contributed by atoms with van der Waals surface area (Å²) in [5.74, 6) is 1.67. The summed E-state index contributed by atoms with van der Waals surface area (Å²) in [6.07, 6.45) is 2.11. The lowest BCUT2D eigenvalue weighted by Gasteiger charge is -2.09. The molecule has 0 aliphatic heterocycles. The van der Waals surface area contributed by atoms with Crippen LogP contribution in [0, 0.1) is 11.3 Å². The second-order valence-electron chi connectivity index (χ2n) is 4.82. The molecule has 0 unspecified atom stereocenters. The number of aromatic nitrogens is 2. The van der Waals surface area contributed by atoms with E-state index in [-0.39, 0.29) is 5.56 Å². The van der Waals surface area contributed by atoms with Crippen molar-refractivity contribution in [3.8, 4) is 23.1 Å². The molecule has 1 heterocycles. The summed E-state index contributed by atoms with van der Waals surface area (Å²) in [7, 11) is 1.56. The lowest BCUT2D eigenvalue weighted by molar-refractivity contribution is 0.416. The van der Waals surface area contributed by atoms with Gasteiger partial charge < -0.3 is 9.72 Å². The van der Waals surface area contributed by atoms with Crippen molar-refractivity contribution in [2.45, 2.75) is 18.8 Å². The minimum Gasteiger partial charge on any atom is -0.496 e. The molecule has 1 N–H and O–H groups in total. The van der Waals surface area contributed by atoms with Gasteiger partial charge in [-0.1, -0.05) is 0 Å². The molecule has 5 nitrogen and oxygen atoms in total. The molecule has 1 aliphatic rings. The second-order valence-corrected chi connectivity index (χ2v) is 4.82. The highest BCUT2D eigenvalue weighted by molar-refractivity contribution is 5.69. The van der Waals surface area contributed by atoms with Crippen molar-refractivity contribution < 1.29 is 4.74 Å². The van der Waals surface area contributed by atoms with E-state index in [4.69, 9.17) is 10.00 Å². The third-order valence-corrected chi connectivity index (χ3v) is 3.33. The molecule has 0 spiro atoms. The molecule has 1 aromatic carbocycles. The van der Waals surface area contributed by atoms with Crippen molar-refractivity contribution in [3.05, 3.63) is 46.0 Å². The molecule has 1 fully saturated rings. The van der Waals surface area contributed by atoms with Gasteiger partial charge >= 0.3 is 0 Å². The van der Waals surface area contributed by atoms with Gasteiger partial charge in [0.15, 0.2) is 0 Å². The number of nitriles is 1. The number of H-pyrrole nitrogens is 1. The Morgan fingerprint density at radius 3 is 2.85 bits per heavy atom. The van der Waals surface area contributed by atoms with E-state index in [2.05, 4.69) is 16.0 Å². The molecule has 100 valence electrons. The van der Waals surface area contributed by atoms with Gasteiger partial charge in [-0.05, 0) is 31.0 Å². The second kappa shape index (κ2) is 4.82. The predicted molar refractivity (Wildman–Crippen MR) is 73.5 cm³/mol. The summed E-state index contributed by atoms with van der Waals surface area (Å²) < 4.78 is 5.29. The van der Waals surface area contributed by atoms with Gasteiger partial charge in [-0.3, -0.25) is 4.79 Å². The van der Waals surface area contributed by atoms with E-state index in [0.717, 1.165) is 18.7 Å². The molecule has 1 aromatic heterocycles. The summed E-state index contributed by atoms with van der Waals surface area (Å²) in [5.41, 5.74) is 1.54. The van der Waals surface area contributed by atoms with Gasteiger partial charge in [0.05, 0.1) is 24.4 Å². The topological polar surface area (TPSA) is 78.8 Å². The highest BCUT2D eigenvalue weighted by Crippen LogP contribution is 2.38. The summed E-state index contributed by atoms with van der Waals surface area (Å²) in [6, 6.07) is 8.60. The Morgan fingerprint density at radius 2 is 2.20 bits per heavy atom. The summed E-state index contributed by atoms with van der Waals surface area (Å²) in [6.45, 7) is 0. The highest BCUT2D eigenvalue weighted by Gasteiger charge is 2.26. The molecule has 1 saturated carbocycles. The smallest absolute Gasteiger partial charge is 0.251 e. The average molecular weight is 267 g/mol. The van der Waals surface area contributed by atoms with E-state index in [1.165, 1.54) is 6.07 Å². The first-order chi connectivity index (χ1) is 9.71. The van der Waals surface area contributed by atoms with Gasteiger partial charge in [0.1, 0.15) is 11.6 Å². The lowest BCUT2D eigenvalue weighted by atomic mass is 10.1. The van der Waals surface area contributed by atoms with Gasteiger partial charge in [0.25, 0.3) is 5.56 Å². The number of hydrogen-bond acceptors (Lipinski definition) is 4. The average Bonchev–Trinajstić information content (AvgIpc) is 3.30. The maximum absolute atomic E-state index is 11.8. The summed E-state index contributed by atoms with van der Waals surface area (Å²) >= 11 is 0. The van der Waals surface area contributed by atoms with Crippen LogP contribution < -0.4 is 10.3 Å². The normalized spacial score (nSPS) is 13.8. The lowest BCUT2D eigenvalue weighted by Crippen LogP contribution is -2.10. The predicted octanol–water partition coefficient (Wildman–Crippen LogP) is 2.19. The monoisotopic (exact) mass is 267 g/mol. The minimum atomic E-state index is -0.179. The quantitative estimate of drug-likeness (QED) is 0.924. The number of hydrogen-bond donors (Lipinski definition) is 1. The SMILES string of the molecule is COc1ccc(C#N)cc1-c1cc(=O)[nH]c(C2CC2)n1. The fraction of sp³-hybridized carbons (Fsp3) is 0.267. The molecule has 0 bridgehead atoms. The third kappa shape index (κ3) is 2.28. The molecular weight excluding hydrogens is 254 g/mol. The summed E-state index contributed by atoms with van der Waals surface area (Å²) in [4.78, 5) is 19.0. The number of aromatic amines is 1. The molecule has 0 amide bonds. The van der Waals surface area contributed by atoms with Crippen LogP contribution in [0.5, 0.6) is 5.75 Å². The Morgan fingerprint density at radius 1 is 1.40 bits per heavy atom. The molecule has 0 radical (unpaired) electrons. The molecule has 1 aliphatic carbocycles. The Labute approximate surface area is 115 Å². The Kier molecular flexibility index (Phi) is 2.99. The molecular formula is C15H13N3O2. The molecule has 5 heteroatoms. The number of nitrogens with zero attached hydrogens (tertiary/aromatic N) is 2. The van der Waals surface area contributed by atoms with Crippen LogP contribution in [0.2, 0.25) is 0 Å². The zero-order valence-corrected chi connectivity index (χ0v) is 11.0. The molecule has 0 atom stereocenters. The van der Waals surface area contributed by atoms with E-state index in [9.17, 15) is 4.79 Å². The van der Waals surface area contributed by atoms with Crippen LogP contribution in [-0.4, -0.2) is 17.1 Å². The van der Waals surface area contributed by atoms with Crippen LogP contribution in [0.15, 0.2) is 29.1 Å². The van der Waals surface area contributed by atoms with E-state index in [1.54, 1.807) is 25.3 Å². The zero-order chi connectivity index (χ0) is 14.1. The number of nitrogens with one attached hydrogen (secondary N) is 1. The van der Waals surface area contributed by atoms with E-state index >= 15 is 0 Å². The van der Waals surface area contributed by atoms with Crippen molar-refractivity contribution in [2.24, 2.45) is 0 Å². The largest absolute Gasteiger partial charge is 0.496 e. The first-order valence-electron chi connectivity index (χ1n) is 6.41. The molecule has 20 heavy (non-hydrogen) atoms. The maximum atomic E-state index is 11.8. The van der Waals surface area contributed by atoms with Crippen molar-refractivity contribution in [2.75, 3.05) is 7.11 Å². The van der Waals surface area contributed by atoms with E-state index in [0.29, 0.717) is 28.5 Å². The van der Waals surface area contributed by atoms with Crippen LogP contribution in [0.25, 0.3) is 11.3 Å². The number of rotatable bonds is 3. The molecule has 2 aromatic rings. The Hall–Kier alpha value is -2.61. The number of benzene rings is 1. The van der Waals surface area contributed by atoms with Crippen molar-refractivity contribution in [1.82, 2.24) is 9.97 Å². The van der Waals surface area contributed by atoms with Gasteiger partial charge in [0, 0.05) is 17.5 Å². The first kappa shape index (κ1) is 12.4. The standard InChI is InChI=1S/C15H13N3O2/c1-20-13-5-2-9(8-16)6-11(13)12-7-14(19)18-15(17-12)10-3-4-10/h2,5-7,10H,3-4H2,1H3,(H,17,18,19). The Balaban J connectivity index is 2.17. The molecule has 3 rings (SSSR count). The van der Waals surface area contributed by atoms with Crippen LogP contribution >= 0.6 is 0 Å². The fourth-order valence-corrected chi connectivity index (χ4v) is 2.14. The van der Waals surface area contributed by atoms with Gasteiger partial charge in [-0.2, -0.15) is 5.26 Å². The third-order valence-electron chi connectivity index (χ3n) is 3.33. The minimum absolute atomic E-state index is 0.179. The summed E-state index contributed by atoms with van der Waals surface area (Å²) in [5, 5.41) is 9.00. The van der Waals surface area contributed by atoms with Crippen LogP contribution in [0.1, 0.15) is 30.1 Å². The number of methoxy groups -OCH3 is 1. The highest BCUT2D eigenvalue weighted by atomic mass is 16.5. The van der Waals surface area contributed by atoms with Crippen molar-refractivity contribution >= 4 is 0 Å². The van der Waals surface area contributed by atoms with Gasteiger partial charge in [0.2, 0.25) is 0 Å². The zero-order valence-electron chi connectivity index (χ0n) is 11.0. The van der Waals surface area contributed by atoms with E-state index in [1.807, 2.05) is 0 Å².